The van der Waals surface area contributed by atoms with Crippen LogP contribution in [0.2, 0.25) is 0 Å². The van der Waals surface area contributed by atoms with E-state index in [0.717, 1.165) is 17.3 Å². The molecule has 2 aromatic carbocycles. The van der Waals surface area contributed by atoms with Crippen LogP contribution < -0.4 is 0 Å². The van der Waals surface area contributed by atoms with Gasteiger partial charge in [0.2, 0.25) is 0 Å². The summed E-state index contributed by atoms with van der Waals surface area (Å²) in [6.07, 6.45) is 5.86. The summed E-state index contributed by atoms with van der Waals surface area (Å²) in [6.45, 7) is 102. The highest BCUT2D eigenvalue weighted by Gasteiger charge is 2.22. The van der Waals surface area contributed by atoms with Gasteiger partial charge in [0.15, 0.2) is 0 Å². The second-order valence-electron chi connectivity index (χ2n) is 43.0. The van der Waals surface area contributed by atoms with Crippen molar-refractivity contribution in [1.29, 1.82) is 0 Å². The molecule has 0 aliphatic carbocycles. The van der Waals surface area contributed by atoms with E-state index in [4.69, 9.17) is 8.83 Å². The Morgan fingerprint density at radius 1 is 0.258 bits per heavy atom. The highest BCUT2D eigenvalue weighted by atomic mass is 32.1. The molecule has 10 aromatic rings. The number of nitrogens with zero attached hydrogens (tertiary/aromatic N) is 4. The molecule has 0 fully saturated rings. The molecule has 8 aromatic heterocycles. The summed E-state index contributed by atoms with van der Waals surface area (Å²) in [5.41, 5.74) is 16.0. The molecule has 6 nitrogen and oxygen atoms in total. The number of hydrogen-bond acceptors (Lipinski definition) is 10. The van der Waals surface area contributed by atoms with Crippen molar-refractivity contribution >= 4 is 45.3 Å². The second-order valence-corrected chi connectivity index (χ2v) is 47.1. The molecular formula is C110H176N4O2S4. The van der Waals surface area contributed by atoms with E-state index in [9.17, 15) is 0 Å². The summed E-state index contributed by atoms with van der Waals surface area (Å²) in [7, 11) is 0. The number of aromatic nitrogens is 4. The van der Waals surface area contributed by atoms with Gasteiger partial charge < -0.3 is 8.83 Å². The summed E-state index contributed by atoms with van der Waals surface area (Å²) in [5.74, 6) is 11.5. The van der Waals surface area contributed by atoms with Crippen molar-refractivity contribution in [3.63, 3.8) is 0 Å². The molecule has 0 N–H and O–H groups in total. The lowest BCUT2D eigenvalue weighted by molar-refractivity contribution is 0.432. The van der Waals surface area contributed by atoms with Gasteiger partial charge in [0.1, 0.15) is 17.3 Å². The van der Waals surface area contributed by atoms with Crippen LogP contribution in [0.25, 0.3) is 0 Å². The Kier molecular flexibility index (Phi) is 48.0. The van der Waals surface area contributed by atoms with E-state index in [1.807, 2.05) is 52.7 Å². The molecule has 0 bridgehead atoms. The molecule has 0 atom stereocenters. The van der Waals surface area contributed by atoms with E-state index in [-0.39, 0.29) is 27.1 Å². The maximum absolute atomic E-state index is 5.61. The third-order valence-electron chi connectivity index (χ3n) is 20.1. The number of thiazole rings is 2. The zero-order valence-corrected chi connectivity index (χ0v) is 88.4. The molecule has 8 heterocycles. The van der Waals surface area contributed by atoms with Gasteiger partial charge in [0.25, 0.3) is 0 Å². The van der Waals surface area contributed by atoms with Crippen LogP contribution in [0.15, 0.2) is 154 Å². The van der Waals surface area contributed by atoms with Crippen LogP contribution in [0.4, 0.5) is 0 Å². The van der Waals surface area contributed by atoms with Gasteiger partial charge in [0, 0.05) is 94.8 Å². The molecule has 0 spiro atoms. The second kappa shape index (κ2) is 51.4. The summed E-state index contributed by atoms with van der Waals surface area (Å²) >= 11 is 7.44. The fourth-order valence-corrected chi connectivity index (χ4v) is 15.0. The normalized spacial score (nSPS) is 12.0. The first kappa shape index (κ1) is 112. The third-order valence-corrected chi connectivity index (χ3v) is 25.8. The van der Waals surface area contributed by atoms with Crippen molar-refractivity contribution in [2.45, 2.75) is 434 Å². The predicted octanol–water partition coefficient (Wildman–Crippen LogP) is 37.4. The predicted molar refractivity (Wildman–Crippen MR) is 541 cm³/mol. The Bertz CT molecular complexity index is 3870. The van der Waals surface area contributed by atoms with Crippen LogP contribution in [-0.2, 0) is 32.5 Å². The largest absolute Gasteiger partial charge is 0.469 e. The number of benzene rings is 2. The van der Waals surface area contributed by atoms with Crippen molar-refractivity contribution < 1.29 is 8.83 Å². The van der Waals surface area contributed by atoms with Crippen LogP contribution >= 0.6 is 45.3 Å². The van der Waals surface area contributed by atoms with E-state index in [1.165, 1.54) is 91.2 Å². The molecule has 0 radical (unpaired) electrons. The van der Waals surface area contributed by atoms with Crippen molar-refractivity contribution in [2.24, 2.45) is 0 Å². The maximum Gasteiger partial charge on any atom is 0.106 e. The summed E-state index contributed by atoms with van der Waals surface area (Å²) in [4.78, 5) is 24.0. The van der Waals surface area contributed by atoms with Crippen molar-refractivity contribution in [1.82, 2.24) is 19.9 Å². The molecule has 10 heteroatoms. The maximum atomic E-state index is 5.61. The molecule has 120 heavy (non-hydrogen) atoms. The first-order valence-electron chi connectivity index (χ1n) is 45.3. The standard InChI is InChI=1S/2C13H20.2C12H19N.C11H18S.C10H17NS.2C10H16O.C10H16S.C9H15NS/c1-10(2)11-6-8-12(9-7-11)13(3,4)5;1-10(2)11-7-6-8-12(9-11)13(3,4)5;1-9(2)11-7-6-10(8-13-11)12(3,4)5;1-9(2)10-7-6-8-11(13-10)12(3,4)5;1-8(2)10-6-9(7-12-10)11(3,4)5;1-7(2)9-11-8(6-12-9)10(3,4)5;1-7(2)9-5-10(8(3)4)11-6-9;2*1-7(2)9-5-6-10(11-9)8(3)4;1-6(2)8-5-10-9(11-8)7(3)4/h2*6-10H,1-5H3;2*6-9H,1-5H3;6-8H,1-5H3;6-7H,1-5H3;3*5-8H,1-4H3;5-7H,1-4H3. The minimum Gasteiger partial charge on any atom is -0.469 e. The average molecular weight is 1710 g/mol. The highest BCUT2D eigenvalue weighted by Crippen LogP contribution is 2.35. The zero-order chi connectivity index (χ0) is 92.7. The van der Waals surface area contributed by atoms with Gasteiger partial charge in [-0.1, -0.05) is 379 Å². The first-order chi connectivity index (χ1) is 54.9. The van der Waals surface area contributed by atoms with Gasteiger partial charge in [-0.2, -0.15) is 0 Å². The van der Waals surface area contributed by atoms with Gasteiger partial charge >= 0.3 is 0 Å². The van der Waals surface area contributed by atoms with Gasteiger partial charge in [0.05, 0.1) is 22.0 Å². The minimum absolute atomic E-state index is 0.158. The SMILES string of the molecule is CC(C)c1cc(C(C)(C)C)cs1.CC(C)c1ccc(C(C)(C)C)cc1.CC(C)c1ccc(C(C)(C)C)cn1.CC(C)c1ccc(C(C)C)o1.CC(C)c1ccc(C(C)C)s1.CC(C)c1cccc(C(C)(C)C)c1.CC(C)c1cccc(C(C)(C)C)n1.CC(C)c1cnc(C(C)C)s1.CC(C)c1coc(C(C)C)c1.CC(C)c1nc(C(C)(C)C)cs1. The molecule has 0 unspecified atom stereocenters. The minimum atomic E-state index is 0.158. The topological polar surface area (TPSA) is 77.8 Å². The Balaban J connectivity index is 0.000000667. The van der Waals surface area contributed by atoms with Crippen LogP contribution in [0.3, 0.4) is 0 Å². The average Bonchev–Trinajstić information content (AvgIpc) is 1.32. The molecule has 10 rings (SSSR count). The molecule has 0 aliphatic rings. The quantitative estimate of drug-likeness (QED) is 0.108. The van der Waals surface area contributed by atoms with Crippen molar-refractivity contribution in [3.05, 3.63) is 253 Å². The summed E-state index contributed by atoms with van der Waals surface area (Å²) in [6, 6.07) is 41.6. The number of rotatable bonds is 14. The smallest absolute Gasteiger partial charge is 0.106 e. The van der Waals surface area contributed by atoms with E-state index < -0.39 is 0 Å². The number of pyridine rings is 2. The molecule has 0 saturated heterocycles. The molecular weight excluding hydrogens is 1540 g/mol. The monoisotopic (exact) mass is 1710 g/mol. The Morgan fingerprint density at radius 2 is 0.700 bits per heavy atom. The van der Waals surface area contributed by atoms with Gasteiger partial charge in [-0.05, 0) is 174 Å². The summed E-state index contributed by atoms with van der Waals surface area (Å²) < 4.78 is 11.0. The lowest BCUT2D eigenvalue weighted by Gasteiger charge is -2.20. The fraction of sp³-hybridized carbons (Fsp3) is 0.600. The Hall–Kier alpha value is -6.04. The number of furan rings is 2. The van der Waals surface area contributed by atoms with Crippen molar-refractivity contribution in [3.8, 4) is 0 Å². The third kappa shape index (κ3) is 42.6. The Morgan fingerprint density at radius 3 is 1.00 bits per heavy atom. The van der Waals surface area contributed by atoms with Gasteiger partial charge in [-0.25, -0.2) is 9.97 Å². The van der Waals surface area contributed by atoms with Crippen LogP contribution in [0, 0.1) is 0 Å². The van der Waals surface area contributed by atoms with Crippen LogP contribution in [0.1, 0.15) is 510 Å². The van der Waals surface area contributed by atoms with E-state index in [2.05, 4.69) is 464 Å². The van der Waals surface area contributed by atoms with Gasteiger partial charge in [-0.3, -0.25) is 9.97 Å². The lowest BCUT2D eigenvalue weighted by atomic mass is 9.85. The van der Waals surface area contributed by atoms with E-state index in [0.29, 0.717) is 88.3 Å². The van der Waals surface area contributed by atoms with Gasteiger partial charge in [-0.15, -0.1) is 45.3 Å². The van der Waals surface area contributed by atoms with E-state index >= 15 is 0 Å². The lowest BCUT2D eigenvalue weighted by Crippen LogP contribution is -2.14. The molecule has 0 aliphatic heterocycles. The van der Waals surface area contributed by atoms with Crippen LogP contribution in [0.5, 0.6) is 0 Å². The fourth-order valence-electron chi connectivity index (χ4n) is 10.8. The number of thiophene rings is 2. The first-order valence-corrected chi connectivity index (χ1v) is 48.7. The summed E-state index contributed by atoms with van der Waals surface area (Å²) in [5, 5.41) is 6.97. The van der Waals surface area contributed by atoms with E-state index in [1.54, 1.807) is 11.3 Å². The van der Waals surface area contributed by atoms with Crippen LogP contribution in [-0.4, -0.2) is 19.9 Å². The molecule has 0 saturated carbocycles. The highest BCUT2D eigenvalue weighted by molar-refractivity contribution is 7.12. The number of hydrogen-bond donors (Lipinski definition) is 0. The van der Waals surface area contributed by atoms with Crippen molar-refractivity contribution in [2.75, 3.05) is 0 Å². The molecule has 672 valence electrons. The Labute approximate surface area is 755 Å². The zero-order valence-electron chi connectivity index (χ0n) is 85.2. The molecule has 0 amide bonds.